The second-order valence-corrected chi connectivity index (χ2v) is 13.0. The number of thiazole rings is 1. The summed E-state index contributed by atoms with van der Waals surface area (Å²) in [5, 5.41) is 17.9. The van der Waals surface area contributed by atoms with Gasteiger partial charge >= 0.3 is 6.09 Å². The maximum atomic E-state index is 12.6. The van der Waals surface area contributed by atoms with Gasteiger partial charge in [0.2, 0.25) is 5.91 Å². The van der Waals surface area contributed by atoms with Crippen molar-refractivity contribution in [2.45, 2.75) is 71.1 Å². The minimum Gasteiger partial charge on any atom is -0.444 e. The number of ether oxygens (including phenoxy) is 1. The van der Waals surface area contributed by atoms with Crippen LogP contribution >= 0.6 is 11.3 Å². The summed E-state index contributed by atoms with van der Waals surface area (Å²) in [5.41, 5.74) is 1.26. The van der Waals surface area contributed by atoms with E-state index in [0.29, 0.717) is 38.0 Å². The molecule has 1 saturated carbocycles. The van der Waals surface area contributed by atoms with Crippen LogP contribution in [0, 0.1) is 17.2 Å². The minimum absolute atomic E-state index is 0.0971. The number of piperazine rings is 1. The Bertz CT molecular complexity index is 1270. The second-order valence-electron chi connectivity index (χ2n) is 12.0. The molecule has 1 aromatic heterocycles. The van der Waals surface area contributed by atoms with Gasteiger partial charge in [-0.1, -0.05) is 19.1 Å². The first-order chi connectivity index (χ1) is 19.4. The first-order valence-electron chi connectivity index (χ1n) is 14.2. The summed E-state index contributed by atoms with van der Waals surface area (Å²) < 4.78 is 5.48. The van der Waals surface area contributed by atoms with E-state index in [9.17, 15) is 14.4 Å². The number of nitrogens with one attached hydrogen (secondary N) is 2. The summed E-state index contributed by atoms with van der Waals surface area (Å²) in [5.74, 6) is -0.164. The number of carbonyl (C=O) groups excluding carboxylic acids is 3. The summed E-state index contributed by atoms with van der Waals surface area (Å²) in [7, 11) is 0. The van der Waals surface area contributed by atoms with Crippen molar-refractivity contribution in [2.24, 2.45) is 5.92 Å². The highest BCUT2D eigenvalue weighted by Crippen LogP contribution is 2.34. The van der Waals surface area contributed by atoms with Crippen molar-refractivity contribution >= 4 is 29.2 Å². The second kappa shape index (κ2) is 13.0. The molecule has 2 aliphatic rings. The lowest BCUT2D eigenvalue weighted by molar-refractivity contribution is -0.122. The number of nitrogens with zero attached hydrogens (tertiary/aromatic N) is 4. The Morgan fingerprint density at radius 1 is 1.15 bits per heavy atom. The van der Waals surface area contributed by atoms with E-state index in [2.05, 4.69) is 21.6 Å². The van der Waals surface area contributed by atoms with Crippen molar-refractivity contribution in [3.8, 4) is 17.3 Å². The Morgan fingerprint density at radius 2 is 1.83 bits per heavy atom. The molecule has 2 aromatic rings. The largest absolute Gasteiger partial charge is 0.444 e. The van der Waals surface area contributed by atoms with E-state index < -0.39 is 11.1 Å². The van der Waals surface area contributed by atoms with Crippen LogP contribution in [-0.2, 0) is 16.1 Å². The van der Waals surface area contributed by atoms with Crippen LogP contribution in [0.1, 0.15) is 68.7 Å². The molecule has 1 aliphatic carbocycles. The van der Waals surface area contributed by atoms with Crippen molar-refractivity contribution in [2.75, 3.05) is 32.7 Å². The number of nitriles is 1. The smallest absolute Gasteiger partial charge is 0.410 e. The summed E-state index contributed by atoms with van der Waals surface area (Å²) in [4.78, 5) is 45.9. The van der Waals surface area contributed by atoms with Gasteiger partial charge in [0.05, 0.1) is 18.3 Å². The average molecular weight is 581 g/mol. The molecule has 41 heavy (non-hydrogen) atoms. The van der Waals surface area contributed by atoms with Crippen LogP contribution in [0.4, 0.5) is 4.79 Å². The Balaban J connectivity index is 1.18. The van der Waals surface area contributed by atoms with Gasteiger partial charge in [-0.15, -0.1) is 11.3 Å². The van der Waals surface area contributed by atoms with Gasteiger partial charge in [0.1, 0.15) is 16.1 Å². The van der Waals surface area contributed by atoms with Crippen LogP contribution < -0.4 is 10.6 Å². The molecule has 3 amide bonds. The van der Waals surface area contributed by atoms with E-state index in [1.54, 1.807) is 28.4 Å². The molecule has 4 rings (SSSR count). The first kappa shape index (κ1) is 30.5. The van der Waals surface area contributed by atoms with Gasteiger partial charge in [-0.05, 0) is 58.1 Å². The third kappa shape index (κ3) is 9.00. The van der Waals surface area contributed by atoms with Crippen LogP contribution in [0.3, 0.4) is 0 Å². The highest BCUT2D eigenvalue weighted by Gasteiger charge is 2.44. The zero-order valence-corrected chi connectivity index (χ0v) is 25.2. The highest BCUT2D eigenvalue weighted by atomic mass is 32.1. The fraction of sp³-hybridized carbons (Fsp3) is 0.567. The zero-order valence-electron chi connectivity index (χ0n) is 24.4. The molecule has 1 aliphatic heterocycles. The zero-order chi connectivity index (χ0) is 29.6. The third-order valence-electron chi connectivity index (χ3n) is 7.18. The number of hydrogen-bond acceptors (Lipinski definition) is 8. The third-order valence-corrected chi connectivity index (χ3v) is 8.01. The Kier molecular flexibility index (Phi) is 9.66. The number of amides is 3. The summed E-state index contributed by atoms with van der Waals surface area (Å²) in [6, 6.07) is 9.58. The number of benzene rings is 1. The molecule has 1 aromatic carbocycles. The molecule has 2 N–H and O–H groups in total. The summed E-state index contributed by atoms with van der Waals surface area (Å²) in [6.07, 6.45) is 2.20. The summed E-state index contributed by atoms with van der Waals surface area (Å²) >= 11 is 1.61. The van der Waals surface area contributed by atoms with Gasteiger partial charge in [-0.3, -0.25) is 14.5 Å². The monoisotopic (exact) mass is 580 g/mol. The Labute approximate surface area is 246 Å². The van der Waals surface area contributed by atoms with Crippen molar-refractivity contribution in [1.29, 1.82) is 5.26 Å². The molecule has 11 heteroatoms. The van der Waals surface area contributed by atoms with E-state index in [-0.39, 0.29) is 23.8 Å². The lowest BCUT2D eigenvalue weighted by atomic mass is 10.0. The van der Waals surface area contributed by atoms with Gasteiger partial charge in [0.15, 0.2) is 0 Å². The van der Waals surface area contributed by atoms with Crippen LogP contribution in [0.15, 0.2) is 29.6 Å². The molecule has 1 saturated heterocycles. The minimum atomic E-state index is -0.641. The fourth-order valence-electron chi connectivity index (χ4n) is 4.58. The normalized spacial score (nSPS) is 17.3. The number of hydrogen-bond donors (Lipinski definition) is 2. The van der Waals surface area contributed by atoms with E-state index >= 15 is 0 Å². The molecule has 0 spiro atoms. The number of aromatic nitrogens is 1. The van der Waals surface area contributed by atoms with E-state index in [1.165, 1.54) is 0 Å². The van der Waals surface area contributed by atoms with Crippen LogP contribution in [0.5, 0.6) is 0 Å². The predicted molar refractivity (Wildman–Crippen MR) is 157 cm³/mol. The molecule has 2 fully saturated rings. The van der Waals surface area contributed by atoms with Gasteiger partial charge < -0.3 is 20.3 Å². The molecular formula is C30H40N6O4S. The van der Waals surface area contributed by atoms with Crippen LogP contribution in [0.25, 0.3) is 11.3 Å². The van der Waals surface area contributed by atoms with Crippen LogP contribution in [-0.4, -0.2) is 76.6 Å². The molecule has 2 heterocycles. The first-order valence-corrected chi connectivity index (χ1v) is 15.1. The van der Waals surface area contributed by atoms with E-state index in [0.717, 1.165) is 48.7 Å². The maximum absolute atomic E-state index is 12.6. The van der Waals surface area contributed by atoms with Crippen molar-refractivity contribution in [3.05, 3.63) is 40.2 Å². The molecular weight excluding hydrogens is 540 g/mol. The Hall–Kier alpha value is -3.49. The fourth-order valence-corrected chi connectivity index (χ4v) is 5.42. The maximum Gasteiger partial charge on any atom is 0.410 e. The van der Waals surface area contributed by atoms with Gasteiger partial charge in [-0.25, -0.2) is 9.78 Å². The van der Waals surface area contributed by atoms with Gasteiger partial charge in [0.25, 0.3) is 5.91 Å². The molecule has 1 unspecified atom stereocenters. The van der Waals surface area contributed by atoms with Crippen molar-refractivity contribution in [3.63, 3.8) is 0 Å². The Morgan fingerprint density at radius 3 is 2.44 bits per heavy atom. The van der Waals surface area contributed by atoms with E-state index in [4.69, 9.17) is 15.0 Å². The lowest BCUT2D eigenvalue weighted by Crippen LogP contribution is -2.49. The topological polar surface area (TPSA) is 128 Å². The molecule has 0 bridgehead atoms. The molecule has 10 nitrogen and oxygen atoms in total. The van der Waals surface area contributed by atoms with Crippen molar-refractivity contribution < 1.29 is 19.1 Å². The van der Waals surface area contributed by atoms with Gasteiger partial charge in [-0.2, -0.15) is 5.26 Å². The molecule has 220 valence electrons. The average Bonchev–Trinajstić information content (AvgIpc) is 3.54. The summed E-state index contributed by atoms with van der Waals surface area (Å²) in [6.45, 7) is 11.6. The van der Waals surface area contributed by atoms with Crippen LogP contribution in [0.2, 0.25) is 0 Å². The van der Waals surface area contributed by atoms with Crippen molar-refractivity contribution in [1.82, 2.24) is 25.4 Å². The predicted octanol–water partition coefficient (Wildman–Crippen LogP) is 4.18. The quantitative estimate of drug-likeness (QED) is 0.432. The molecule has 1 atom stereocenters. The SMILES string of the molecule is CC(CCNC(=O)c1ccc(-c2csc(CN3CCN(C(=O)OC(C)(C)C)CC3)n2)cc1)CC(=O)NC1(C#N)CC1. The lowest BCUT2D eigenvalue weighted by Gasteiger charge is -2.35. The molecule has 0 radical (unpaired) electrons. The van der Waals surface area contributed by atoms with Gasteiger partial charge in [0, 0.05) is 55.7 Å². The standard InChI is InChI=1S/C30H40N6O4S/c1-21(17-25(37)34-30(20-31)10-11-30)9-12-32-27(38)23-7-5-22(6-8-23)24-19-41-26(33-24)18-35-13-15-36(16-14-35)28(39)40-29(2,3)4/h5-8,19,21H,9-18H2,1-4H3,(H,32,38)(H,34,37). The number of carbonyl (C=O) groups is 3. The van der Waals surface area contributed by atoms with E-state index in [1.807, 2.05) is 45.2 Å². The highest BCUT2D eigenvalue weighted by molar-refractivity contribution is 7.09. The number of rotatable bonds is 10.